The molecule has 0 spiro atoms. The number of rotatable bonds is 6. The van der Waals surface area contributed by atoms with Crippen LogP contribution in [0.15, 0.2) is 48.5 Å². The Bertz CT molecular complexity index is 499. The SMILES string of the molecule is CCCc1ccc(CCc2cccc(OC)c2)cc1. The average Bonchev–Trinajstić information content (AvgIpc) is 2.47. The highest BCUT2D eigenvalue weighted by molar-refractivity contribution is 5.30. The van der Waals surface area contributed by atoms with Gasteiger partial charge in [-0.25, -0.2) is 0 Å². The molecule has 0 saturated carbocycles. The van der Waals surface area contributed by atoms with E-state index >= 15 is 0 Å². The van der Waals surface area contributed by atoms with Crippen LogP contribution in [0.3, 0.4) is 0 Å². The van der Waals surface area contributed by atoms with Gasteiger partial charge in [0.2, 0.25) is 0 Å². The van der Waals surface area contributed by atoms with Crippen LogP contribution in [0.4, 0.5) is 0 Å². The van der Waals surface area contributed by atoms with Crippen LogP contribution in [0.25, 0.3) is 0 Å². The van der Waals surface area contributed by atoms with Gasteiger partial charge in [-0.15, -0.1) is 0 Å². The first kappa shape index (κ1) is 13.7. The summed E-state index contributed by atoms with van der Waals surface area (Å²) >= 11 is 0. The van der Waals surface area contributed by atoms with E-state index in [1.165, 1.54) is 29.5 Å². The first-order valence-electron chi connectivity index (χ1n) is 7.02. The predicted octanol–water partition coefficient (Wildman–Crippen LogP) is 4.43. The van der Waals surface area contributed by atoms with E-state index in [4.69, 9.17) is 4.74 Å². The average molecular weight is 254 g/mol. The normalized spacial score (nSPS) is 10.4. The second-order valence-corrected chi connectivity index (χ2v) is 4.92. The van der Waals surface area contributed by atoms with E-state index in [0.717, 1.165) is 18.6 Å². The summed E-state index contributed by atoms with van der Waals surface area (Å²) in [4.78, 5) is 0. The van der Waals surface area contributed by atoms with Crippen molar-refractivity contribution in [1.29, 1.82) is 0 Å². The summed E-state index contributed by atoms with van der Waals surface area (Å²) < 4.78 is 5.25. The standard InChI is InChI=1S/C18H22O/c1-3-5-15-8-10-16(11-9-15)12-13-17-6-4-7-18(14-17)19-2/h4,6-11,14H,3,5,12-13H2,1-2H3. The van der Waals surface area contributed by atoms with Gasteiger partial charge in [-0.2, -0.15) is 0 Å². The number of benzene rings is 2. The molecule has 0 bridgehead atoms. The molecule has 100 valence electrons. The number of hydrogen-bond acceptors (Lipinski definition) is 1. The predicted molar refractivity (Wildman–Crippen MR) is 80.8 cm³/mol. The fraction of sp³-hybridized carbons (Fsp3) is 0.333. The molecule has 0 aliphatic heterocycles. The van der Waals surface area contributed by atoms with Gasteiger partial charge in [-0.05, 0) is 48.1 Å². The van der Waals surface area contributed by atoms with Gasteiger partial charge in [0.15, 0.2) is 0 Å². The van der Waals surface area contributed by atoms with Gasteiger partial charge in [0.1, 0.15) is 5.75 Å². The monoisotopic (exact) mass is 254 g/mol. The molecule has 0 aromatic heterocycles. The minimum Gasteiger partial charge on any atom is -0.497 e. The highest BCUT2D eigenvalue weighted by atomic mass is 16.5. The molecule has 0 fully saturated rings. The molecule has 0 aliphatic rings. The molecule has 1 heteroatoms. The van der Waals surface area contributed by atoms with Crippen molar-refractivity contribution in [1.82, 2.24) is 0 Å². The summed E-state index contributed by atoms with van der Waals surface area (Å²) in [7, 11) is 1.71. The van der Waals surface area contributed by atoms with Crippen molar-refractivity contribution >= 4 is 0 Å². The lowest BCUT2D eigenvalue weighted by Crippen LogP contribution is -1.93. The van der Waals surface area contributed by atoms with E-state index in [9.17, 15) is 0 Å². The van der Waals surface area contributed by atoms with Crippen molar-refractivity contribution in [2.45, 2.75) is 32.6 Å². The molecular formula is C18H22O. The molecular weight excluding hydrogens is 232 g/mol. The lowest BCUT2D eigenvalue weighted by molar-refractivity contribution is 0.414. The smallest absolute Gasteiger partial charge is 0.119 e. The first-order valence-corrected chi connectivity index (χ1v) is 7.02. The Hall–Kier alpha value is -1.76. The molecule has 0 unspecified atom stereocenters. The zero-order valence-electron chi connectivity index (χ0n) is 11.9. The van der Waals surface area contributed by atoms with Crippen molar-refractivity contribution in [3.8, 4) is 5.75 Å². The first-order chi connectivity index (χ1) is 9.31. The van der Waals surface area contributed by atoms with E-state index in [2.05, 4.69) is 49.4 Å². The molecule has 2 rings (SSSR count). The molecule has 2 aromatic rings. The van der Waals surface area contributed by atoms with Crippen molar-refractivity contribution in [3.63, 3.8) is 0 Å². The lowest BCUT2D eigenvalue weighted by Gasteiger charge is -2.06. The zero-order chi connectivity index (χ0) is 13.5. The van der Waals surface area contributed by atoms with Crippen LogP contribution in [0.2, 0.25) is 0 Å². The molecule has 0 aliphatic carbocycles. The fourth-order valence-corrected chi connectivity index (χ4v) is 2.28. The van der Waals surface area contributed by atoms with Crippen molar-refractivity contribution in [3.05, 3.63) is 65.2 Å². The van der Waals surface area contributed by atoms with Crippen LogP contribution in [0, 0.1) is 0 Å². The largest absolute Gasteiger partial charge is 0.497 e. The lowest BCUT2D eigenvalue weighted by atomic mass is 10.0. The van der Waals surface area contributed by atoms with Crippen LogP contribution in [0.5, 0.6) is 5.75 Å². The molecule has 0 amide bonds. The topological polar surface area (TPSA) is 9.23 Å². The van der Waals surface area contributed by atoms with Gasteiger partial charge >= 0.3 is 0 Å². The highest BCUT2D eigenvalue weighted by Gasteiger charge is 1.98. The molecule has 0 heterocycles. The van der Waals surface area contributed by atoms with E-state index < -0.39 is 0 Å². The Morgan fingerprint density at radius 2 is 1.42 bits per heavy atom. The number of ether oxygens (including phenoxy) is 1. The number of aryl methyl sites for hydroxylation is 3. The van der Waals surface area contributed by atoms with Crippen molar-refractivity contribution < 1.29 is 4.74 Å². The van der Waals surface area contributed by atoms with E-state index in [0.29, 0.717) is 0 Å². The Balaban J connectivity index is 1.94. The van der Waals surface area contributed by atoms with Gasteiger partial charge in [0.25, 0.3) is 0 Å². The second-order valence-electron chi connectivity index (χ2n) is 4.92. The fourth-order valence-electron chi connectivity index (χ4n) is 2.28. The molecule has 0 radical (unpaired) electrons. The second kappa shape index (κ2) is 6.98. The summed E-state index contributed by atoms with van der Waals surface area (Å²) in [6, 6.07) is 17.3. The van der Waals surface area contributed by atoms with Crippen LogP contribution in [-0.4, -0.2) is 7.11 Å². The molecule has 0 atom stereocenters. The maximum atomic E-state index is 5.25. The third kappa shape index (κ3) is 4.13. The summed E-state index contributed by atoms with van der Waals surface area (Å²) in [5, 5.41) is 0. The summed E-state index contributed by atoms with van der Waals surface area (Å²) in [5.74, 6) is 0.941. The van der Waals surface area contributed by atoms with Crippen LogP contribution < -0.4 is 4.74 Å². The summed E-state index contributed by atoms with van der Waals surface area (Å²) in [6.07, 6.45) is 4.53. The van der Waals surface area contributed by atoms with Gasteiger partial charge < -0.3 is 4.74 Å². The van der Waals surface area contributed by atoms with Gasteiger partial charge in [-0.3, -0.25) is 0 Å². The maximum Gasteiger partial charge on any atom is 0.119 e. The number of hydrogen-bond donors (Lipinski definition) is 0. The zero-order valence-corrected chi connectivity index (χ0v) is 11.9. The minimum atomic E-state index is 0.941. The maximum absolute atomic E-state index is 5.25. The van der Waals surface area contributed by atoms with Crippen LogP contribution in [0.1, 0.15) is 30.0 Å². The molecule has 0 N–H and O–H groups in total. The summed E-state index contributed by atoms with van der Waals surface area (Å²) in [6.45, 7) is 2.22. The molecule has 2 aromatic carbocycles. The number of methoxy groups -OCH3 is 1. The van der Waals surface area contributed by atoms with E-state index in [1.54, 1.807) is 7.11 Å². The van der Waals surface area contributed by atoms with Crippen LogP contribution in [-0.2, 0) is 19.3 Å². The minimum absolute atomic E-state index is 0.941. The van der Waals surface area contributed by atoms with Gasteiger partial charge in [0, 0.05) is 0 Å². The quantitative estimate of drug-likeness (QED) is 0.741. The Labute approximate surface area is 116 Å². The van der Waals surface area contributed by atoms with E-state index in [-0.39, 0.29) is 0 Å². The summed E-state index contributed by atoms with van der Waals surface area (Å²) in [5.41, 5.74) is 4.17. The molecule has 0 saturated heterocycles. The van der Waals surface area contributed by atoms with Gasteiger partial charge in [0.05, 0.1) is 7.11 Å². The Kier molecular flexibility index (Phi) is 5.02. The Morgan fingerprint density at radius 1 is 0.789 bits per heavy atom. The third-order valence-corrected chi connectivity index (χ3v) is 3.40. The molecule has 1 nitrogen and oxygen atoms in total. The molecule has 19 heavy (non-hydrogen) atoms. The van der Waals surface area contributed by atoms with Gasteiger partial charge in [-0.1, -0.05) is 49.7 Å². The van der Waals surface area contributed by atoms with E-state index in [1.807, 2.05) is 6.07 Å². The Morgan fingerprint density at radius 3 is 2.05 bits per heavy atom. The van der Waals surface area contributed by atoms with Crippen molar-refractivity contribution in [2.75, 3.05) is 7.11 Å². The van der Waals surface area contributed by atoms with Crippen molar-refractivity contribution in [2.24, 2.45) is 0 Å². The third-order valence-electron chi connectivity index (χ3n) is 3.40. The van der Waals surface area contributed by atoms with Crippen LogP contribution >= 0.6 is 0 Å². The highest BCUT2D eigenvalue weighted by Crippen LogP contribution is 2.15.